The molecule has 1 aliphatic rings. The quantitative estimate of drug-likeness (QED) is 0.725. The molecule has 1 aliphatic heterocycles. The standard InChI is InChI=1S/C11H25N3/c1-4-7-14-8-10(2)13(3)9-11(14)5-6-12/h10-11H,4-9,12H2,1-3H3. The zero-order valence-electron chi connectivity index (χ0n) is 9.87. The maximum absolute atomic E-state index is 5.65. The van der Waals surface area contributed by atoms with E-state index in [4.69, 9.17) is 5.73 Å². The molecule has 0 aliphatic carbocycles. The maximum atomic E-state index is 5.65. The summed E-state index contributed by atoms with van der Waals surface area (Å²) in [6, 6.07) is 1.37. The fraction of sp³-hybridized carbons (Fsp3) is 1.00. The van der Waals surface area contributed by atoms with Gasteiger partial charge in [0.25, 0.3) is 0 Å². The molecule has 3 heteroatoms. The van der Waals surface area contributed by atoms with Crippen LogP contribution in [0.4, 0.5) is 0 Å². The van der Waals surface area contributed by atoms with Gasteiger partial charge in [0.05, 0.1) is 0 Å². The summed E-state index contributed by atoms with van der Waals surface area (Å²) in [7, 11) is 2.22. The van der Waals surface area contributed by atoms with Crippen molar-refractivity contribution in [1.82, 2.24) is 9.80 Å². The number of piperazine rings is 1. The highest BCUT2D eigenvalue weighted by Crippen LogP contribution is 2.15. The third-order valence-electron chi connectivity index (χ3n) is 3.28. The first kappa shape index (κ1) is 12.0. The number of rotatable bonds is 4. The number of nitrogens with zero attached hydrogens (tertiary/aromatic N) is 2. The van der Waals surface area contributed by atoms with Crippen LogP contribution in [0.5, 0.6) is 0 Å². The van der Waals surface area contributed by atoms with Gasteiger partial charge in [0.1, 0.15) is 0 Å². The molecule has 14 heavy (non-hydrogen) atoms. The first-order chi connectivity index (χ1) is 6.69. The molecule has 1 fully saturated rings. The van der Waals surface area contributed by atoms with Crippen molar-refractivity contribution >= 4 is 0 Å². The fourth-order valence-corrected chi connectivity index (χ4v) is 2.28. The Hall–Kier alpha value is -0.120. The lowest BCUT2D eigenvalue weighted by molar-refractivity contribution is 0.0488. The molecule has 2 unspecified atom stereocenters. The Morgan fingerprint density at radius 1 is 1.36 bits per heavy atom. The van der Waals surface area contributed by atoms with Gasteiger partial charge in [0.15, 0.2) is 0 Å². The lowest BCUT2D eigenvalue weighted by Crippen LogP contribution is -2.56. The number of likely N-dealkylation sites (N-methyl/N-ethyl adjacent to an activating group) is 1. The Morgan fingerprint density at radius 2 is 2.07 bits per heavy atom. The van der Waals surface area contributed by atoms with Crippen LogP contribution in [0.1, 0.15) is 26.7 Å². The highest BCUT2D eigenvalue weighted by molar-refractivity contribution is 4.85. The molecule has 3 nitrogen and oxygen atoms in total. The molecular formula is C11H25N3. The lowest BCUT2D eigenvalue weighted by Gasteiger charge is -2.43. The van der Waals surface area contributed by atoms with Gasteiger partial charge in [-0.3, -0.25) is 4.90 Å². The van der Waals surface area contributed by atoms with Crippen LogP contribution in [0.25, 0.3) is 0 Å². The van der Waals surface area contributed by atoms with Crippen molar-refractivity contribution in [3.63, 3.8) is 0 Å². The third kappa shape index (κ3) is 2.94. The average Bonchev–Trinajstić information content (AvgIpc) is 2.14. The summed E-state index contributed by atoms with van der Waals surface area (Å²) >= 11 is 0. The van der Waals surface area contributed by atoms with Gasteiger partial charge in [-0.25, -0.2) is 0 Å². The second-order valence-electron chi connectivity index (χ2n) is 4.51. The van der Waals surface area contributed by atoms with E-state index in [1.807, 2.05) is 0 Å². The normalized spacial score (nSPS) is 30.9. The topological polar surface area (TPSA) is 32.5 Å². The summed E-state index contributed by atoms with van der Waals surface area (Å²) in [5.74, 6) is 0. The average molecular weight is 199 g/mol. The second-order valence-corrected chi connectivity index (χ2v) is 4.51. The van der Waals surface area contributed by atoms with Crippen molar-refractivity contribution in [2.75, 3.05) is 33.2 Å². The Kier molecular flexibility index (Phi) is 4.85. The van der Waals surface area contributed by atoms with Crippen molar-refractivity contribution in [3.8, 4) is 0 Å². The maximum Gasteiger partial charge on any atom is 0.0235 e. The predicted molar refractivity (Wildman–Crippen MR) is 61.4 cm³/mol. The molecule has 0 amide bonds. The molecule has 1 saturated heterocycles. The molecule has 0 aromatic heterocycles. The van der Waals surface area contributed by atoms with E-state index in [-0.39, 0.29) is 0 Å². The van der Waals surface area contributed by atoms with Crippen molar-refractivity contribution in [2.24, 2.45) is 5.73 Å². The Bertz CT molecular complexity index is 143. The van der Waals surface area contributed by atoms with Gasteiger partial charge in [0, 0.05) is 25.2 Å². The zero-order chi connectivity index (χ0) is 10.6. The molecule has 0 bridgehead atoms. The summed E-state index contributed by atoms with van der Waals surface area (Å²) in [5, 5.41) is 0. The highest BCUT2D eigenvalue weighted by atomic mass is 15.3. The van der Waals surface area contributed by atoms with Crippen LogP contribution in [-0.4, -0.2) is 55.1 Å². The monoisotopic (exact) mass is 199 g/mol. The second kappa shape index (κ2) is 5.69. The summed E-state index contributed by atoms with van der Waals surface area (Å²) < 4.78 is 0. The minimum absolute atomic E-state index is 0.682. The molecule has 2 atom stereocenters. The van der Waals surface area contributed by atoms with Gasteiger partial charge in [-0.15, -0.1) is 0 Å². The van der Waals surface area contributed by atoms with Gasteiger partial charge in [0.2, 0.25) is 0 Å². The fourth-order valence-electron chi connectivity index (χ4n) is 2.28. The molecule has 0 aromatic carbocycles. The predicted octanol–water partition coefficient (Wildman–Crippen LogP) is 0.750. The van der Waals surface area contributed by atoms with Crippen molar-refractivity contribution in [1.29, 1.82) is 0 Å². The molecule has 0 saturated carbocycles. The first-order valence-corrected chi connectivity index (χ1v) is 5.83. The van der Waals surface area contributed by atoms with Gasteiger partial charge in [-0.2, -0.15) is 0 Å². The number of nitrogens with two attached hydrogens (primary N) is 1. The SMILES string of the molecule is CCCN1CC(C)N(C)CC1CCN. The van der Waals surface area contributed by atoms with Crippen LogP contribution in [-0.2, 0) is 0 Å². The van der Waals surface area contributed by atoms with Crippen molar-refractivity contribution < 1.29 is 0 Å². The minimum Gasteiger partial charge on any atom is -0.330 e. The van der Waals surface area contributed by atoms with E-state index in [2.05, 4.69) is 30.7 Å². The third-order valence-corrected chi connectivity index (χ3v) is 3.28. The van der Waals surface area contributed by atoms with Crippen LogP contribution in [0.15, 0.2) is 0 Å². The smallest absolute Gasteiger partial charge is 0.0235 e. The molecule has 0 spiro atoms. The van der Waals surface area contributed by atoms with Gasteiger partial charge in [-0.05, 0) is 39.9 Å². The Morgan fingerprint density at radius 3 is 2.64 bits per heavy atom. The van der Waals surface area contributed by atoms with Gasteiger partial charge >= 0.3 is 0 Å². The van der Waals surface area contributed by atoms with Crippen LogP contribution in [0, 0.1) is 0 Å². The van der Waals surface area contributed by atoms with E-state index in [0.29, 0.717) is 12.1 Å². The van der Waals surface area contributed by atoms with Crippen molar-refractivity contribution in [2.45, 2.75) is 38.8 Å². The number of hydrogen-bond acceptors (Lipinski definition) is 3. The van der Waals surface area contributed by atoms with E-state index < -0.39 is 0 Å². The van der Waals surface area contributed by atoms with Crippen LogP contribution >= 0.6 is 0 Å². The minimum atomic E-state index is 0.682. The van der Waals surface area contributed by atoms with Gasteiger partial charge in [-0.1, -0.05) is 6.92 Å². The molecule has 0 aromatic rings. The molecule has 84 valence electrons. The molecular weight excluding hydrogens is 174 g/mol. The largest absolute Gasteiger partial charge is 0.330 e. The van der Waals surface area contributed by atoms with Crippen molar-refractivity contribution in [3.05, 3.63) is 0 Å². The first-order valence-electron chi connectivity index (χ1n) is 5.83. The van der Waals surface area contributed by atoms with E-state index in [9.17, 15) is 0 Å². The Balaban J connectivity index is 2.50. The molecule has 2 N–H and O–H groups in total. The summed E-state index contributed by atoms with van der Waals surface area (Å²) in [6.07, 6.45) is 2.38. The van der Waals surface area contributed by atoms with E-state index in [1.165, 1.54) is 26.1 Å². The van der Waals surface area contributed by atoms with Crippen LogP contribution in [0.2, 0.25) is 0 Å². The van der Waals surface area contributed by atoms with E-state index in [0.717, 1.165) is 13.0 Å². The highest BCUT2D eigenvalue weighted by Gasteiger charge is 2.27. The summed E-state index contributed by atoms with van der Waals surface area (Å²) in [6.45, 7) is 8.98. The molecule has 1 rings (SSSR count). The number of hydrogen-bond donors (Lipinski definition) is 1. The van der Waals surface area contributed by atoms with Crippen LogP contribution in [0.3, 0.4) is 0 Å². The molecule has 1 heterocycles. The summed E-state index contributed by atoms with van der Waals surface area (Å²) in [5.41, 5.74) is 5.65. The van der Waals surface area contributed by atoms with E-state index in [1.54, 1.807) is 0 Å². The Labute approximate surface area is 88.2 Å². The summed E-state index contributed by atoms with van der Waals surface area (Å²) in [4.78, 5) is 5.06. The lowest BCUT2D eigenvalue weighted by atomic mass is 10.0. The van der Waals surface area contributed by atoms with Crippen LogP contribution < -0.4 is 5.73 Å². The molecule has 0 radical (unpaired) electrons. The van der Waals surface area contributed by atoms with E-state index >= 15 is 0 Å². The van der Waals surface area contributed by atoms with Gasteiger partial charge < -0.3 is 10.6 Å². The zero-order valence-corrected chi connectivity index (χ0v) is 9.87.